The smallest absolute Gasteiger partial charge is 0.400 e. The molecule has 1 aromatic heterocycles. The molecule has 7 heteroatoms. The van der Waals surface area contributed by atoms with Gasteiger partial charge in [-0.05, 0) is 46.8 Å². The van der Waals surface area contributed by atoms with E-state index in [9.17, 15) is 10.1 Å². The van der Waals surface area contributed by atoms with Crippen molar-refractivity contribution in [3.8, 4) is 0 Å². The summed E-state index contributed by atoms with van der Waals surface area (Å²) in [5, 5.41) is 10.8. The van der Waals surface area contributed by atoms with Gasteiger partial charge in [-0.1, -0.05) is 5.98 Å². The SMILES string of the molecule is Cc1nc(/C=C/B2OC(C)(C)C(C)(C)O2)ccc1[N+](=O)[O-]. The Morgan fingerprint density at radius 2 is 1.81 bits per heavy atom. The Kier molecular flexibility index (Phi) is 3.90. The third kappa shape index (κ3) is 3.14. The minimum Gasteiger partial charge on any atom is -0.400 e. The van der Waals surface area contributed by atoms with Gasteiger partial charge in [0.15, 0.2) is 0 Å². The van der Waals surface area contributed by atoms with Crippen LogP contribution in [0.15, 0.2) is 18.1 Å². The summed E-state index contributed by atoms with van der Waals surface area (Å²) in [6.07, 6.45) is 1.75. The van der Waals surface area contributed by atoms with Gasteiger partial charge in [0.25, 0.3) is 5.69 Å². The molecule has 6 nitrogen and oxygen atoms in total. The maximum absolute atomic E-state index is 10.8. The van der Waals surface area contributed by atoms with Gasteiger partial charge in [-0.3, -0.25) is 10.1 Å². The van der Waals surface area contributed by atoms with Gasteiger partial charge >= 0.3 is 7.12 Å². The first kappa shape index (κ1) is 15.7. The highest BCUT2D eigenvalue weighted by Gasteiger charge is 2.50. The molecule has 0 spiro atoms. The molecular weight excluding hydrogens is 271 g/mol. The third-order valence-corrected chi connectivity index (χ3v) is 3.97. The number of nitro groups is 1. The van der Waals surface area contributed by atoms with Crippen LogP contribution in [0.5, 0.6) is 0 Å². The van der Waals surface area contributed by atoms with Crippen molar-refractivity contribution in [3.05, 3.63) is 39.6 Å². The van der Waals surface area contributed by atoms with E-state index in [1.54, 1.807) is 25.0 Å². The Labute approximate surface area is 124 Å². The van der Waals surface area contributed by atoms with Crippen molar-refractivity contribution >= 4 is 18.9 Å². The van der Waals surface area contributed by atoms with Gasteiger partial charge in [0, 0.05) is 6.07 Å². The number of hydrogen-bond acceptors (Lipinski definition) is 5. The summed E-state index contributed by atoms with van der Waals surface area (Å²) in [5.74, 6) is 1.77. The summed E-state index contributed by atoms with van der Waals surface area (Å²) in [7, 11) is -0.452. The molecule has 21 heavy (non-hydrogen) atoms. The van der Waals surface area contributed by atoms with Gasteiger partial charge in [0.05, 0.1) is 21.8 Å². The fraction of sp³-hybridized carbons (Fsp3) is 0.500. The van der Waals surface area contributed by atoms with Crippen LogP contribution in [0.3, 0.4) is 0 Å². The summed E-state index contributed by atoms with van der Waals surface area (Å²) in [5.41, 5.74) is 0.258. The largest absolute Gasteiger partial charge is 0.487 e. The summed E-state index contributed by atoms with van der Waals surface area (Å²) in [4.78, 5) is 14.5. The molecule has 0 bridgehead atoms. The molecule has 1 aliphatic rings. The van der Waals surface area contributed by atoms with Crippen LogP contribution in [0.25, 0.3) is 6.08 Å². The monoisotopic (exact) mass is 290 g/mol. The van der Waals surface area contributed by atoms with Gasteiger partial charge in [-0.15, -0.1) is 0 Å². The Hall–Kier alpha value is -1.73. The molecule has 0 aromatic carbocycles. The number of pyridine rings is 1. The second kappa shape index (κ2) is 5.24. The van der Waals surface area contributed by atoms with Gasteiger partial charge in [0.2, 0.25) is 0 Å². The number of aryl methyl sites for hydroxylation is 1. The zero-order valence-corrected chi connectivity index (χ0v) is 12.9. The Morgan fingerprint density at radius 3 is 2.29 bits per heavy atom. The standard InChI is InChI=1S/C14H19BN2O4/c1-10-12(17(18)19)7-6-11(16-10)8-9-15-20-13(2,3)14(4,5)21-15/h6-9H,1-5H3/b9-8+. The van der Waals surface area contributed by atoms with Crippen molar-refractivity contribution in [1.29, 1.82) is 0 Å². The molecular formula is C14H19BN2O4. The molecule has 0 amide bonds. The average molecular weight is 290 g/mol. The molecule has 2 heterocycles. The molecule has 1 aromatic rings. The van der Waals surface area contributed by atoms with Crippen molar-refractivity contribution < 1.29 is 14.2 Å². The van der Waals surface area contributed by atoms with E-state index in [0.717, 1.165) is 0 Å². The van der Waals surface area contributed by atoms with E-state index >= 15 is 0 Å². The molecule has 112 valence electrons. The fourth-order valence-electron chi connectivity index (χ4n) is 2.00. The highest BCUT2D eigenvalue weighted by atomic mass is 16.7. The molecule has 0 radical (unpaired) electrons. The molecule has 0 saturated carbocycles. The van der Waals surface area contributed by atoms with E-state index in [1.807, 2.05) is 27.7 Å². The van der Waals surface area contributed by atoms with E-state index in [0.29, 0.717) is 11.4 Å². The second-order valence-electron chi connectivity index (χ2n) is 6.08. The fourth-order valence-corrected chi connectivity index (χ4v) is 2.00. The number of aromatic nitrogens is 1. The predicted molar refractivity (Wildman–Crippen MR) is 80.7 cm³/mol. The third-order valence-electron chi connectivity index (χ3n) is 3.97. The van der Waals surface area contributed by atoms with Gasteiger partial charge in [-0.2, -0.15) is 0 Å². The number of hydrogen-bond donors (Lipinski definition) is 0. The van der Waals surface area contributed by atoms with Crippen molar-refractivity contribution in [2.75, 3.05) is 0 Å². The Balaban J connectivity index is 2.13. The lowest BCUT2D eigenvalue weighted by molar-refractivity contribution is -0.385. The number of rotatable bonds is 3. The predicted octanol–water partition coefficient (Wildman–Crippen LogP) is 2.94. The molecule has 0 atom stereocenters. The van der Waals surface area contributed by atoms with E-state index in [1.165, 1.54) is 6.07 Å². The Morgan fingerprint density at radius 1 is 1.24 bits per heavy atom. The summed E-state index contributed by atoms with van der Waals surface area (Å²) < 4.78 is 11.7. The van der Waals surface area contributed by atoms with E-state index < -0.39 is 12.0 Å². The molecule has 2 rings (SSSR count). The van der Waals surface area contributed by atoms with Crippen LogP contribution < -0.4 is 0 Å². The Bertz CT molecular complexity index is 583. The summed E-state index contributed by atoms with van der Waals surface area (Å²) >= 11 is 0. The van der Waals surface area contributed by atoms with E-state index in [2.05, 4.69) is 4.98 Å². The topological polar surface area (TPSA) is 74.5 Å². The lowest BCUT2D eigenvalue weighted by Crippen LogP contribution is -2.41. The lowest BCUT2D eigenvalue weighted by Gasteiger charge is -2.32. The first-order valence-corrected chi connectivity index (χ1v) is 6.78. The quantitative estimate of drug-likeness (QED) is 0.486. The molecule has 0 aliphatic carbocycles. The van der Waals surface area contributed by atoms with Gasteiger partial charge in [0.1, 0.15) is 5.69 Å². The van der Waals surface area contributed by atoms with Crippen LogP contribution in [0.1, 0.15) is 39.1 Å². The van der Waals surface area contributed by atoms with Crippen LogP contribution >= 0.6 is 0 Å². The first-order valence-electron chi connectivity index (χ1n) is 6.78. The van der Waals surface area contributed by atoms with Gasteiger partial charge < -0.3 is 9.31 Å². The van der Waals surface area contributed by atoms with Crippen LogP contribution in [-0.2, 0) is 9.31 Å². The van der Waals surface area contributed by atoms with Crippen LogP contribution in [0.4, 0.5) is 5.69 Å². The summed E-state index contributed by atoms with van der Waals surface area (Å²) in [6, 6.07) is 3.05. The molecule has 1 saturated heterocycles. The van der Waals surface area contributed by atoms with Crippen LogP contribution in [-0.4, -0.2) is 28.2 Å². The highest BCUT2D eigenvalue weighted by Crippen LogP contribution is 2.37. The average Bonchev–Trinajstić information content (AvgIpc) is 2.55. The maximum Gasteiger partial charge on any atom is 0.487 e. The minimum atomic E-state index is -0.452. The first-order chi connectivity index (χ1) is 9.62. The van der Waals surface area contributed by atoms with E-state index in [4.69, 9.17) is 9.31 Å². The van der Waals surface area contributed by atoms with Crippen molar-refractivity contribution in [1.82, 2.24) is 4.98 Å². The van der Waals surface area contributed by atoms with E-state index in [-0.39, 0.29) is 16.9 Å². The maximum atomic E-state index is 10.8. The van der Waals surface area contributed by atoms with Crippen LogP contribution in [0.2, 0.25) is 0 Å². The van der Waals surface area contributed by atoms with Gasteiger partial charge in [-0.25, -0.2) is 4.98 Å². The normalized spacial score (nSPS) is 20.1. The number of nitrogens with zero attached hydrogens (tertiary/aromatic N) is 2. The lowest BCUT2D eigenvalue weighted by atomic mass is 9.89. The second-order valence-corrected chi connectivity index (χ2v) is 6.08. The molecule has 1 fully saturated rings. The van der Waals surface area contributed by atoms with Crippen molar-refractivity contribution in [2.24, 2.45) is 0 Å². The molecule has 0 N–H and O–H groups in total. The zero-order valence-electron chi connectivity index (χ0n) is 12.9. The molecule has 1 aliphatic heterocycles. The summed E-state index contributed by atoms with van der Waals surface area (Å²) in [6.45, 7) is 9.54. The minimum absolute atomic E-state index is 0.0165. The van der Waals surface area contributed by atoms with Crippen molar-refractivity contribution in [3.63, 3.8) is 0 Å². The molecule has 0 unspecified atom stereocenters. The van der Waals surface area contributed by atoms with Crippen molar-refractivity contribution in [2.45, 2.75) is 45.8 Å². The highest BCUT2D eigenvalue weighted by molar-refractivity contribution is 6.52. The zero-order chi connectivity index (χ0) is 15.8. The van der Waals surface area contributed by atoms with Crippen LogP contribution in [0, 0.1) is 17.0 Å².